The molecule has 0 aromatic rings. The molecule has 11 heavy (non-hydrogen) atoms. The van der Waals surface area contributed by atoms with Crippen LogP contribution in [0.4, 0.5) is 0 Å². The van der Waals surface area contributed by atoms with Gasteiger partial charge in [-0.3, -0.25) is 0 Å². The quantitative estimate of drug-likeness (QED) is 0.514. The summed E-state index contributed by atoms with van der Waals surface area (Å²) in [6, 6.07) is 0. The van der Waals surface area contributed by atoms with Crippen LogP contribution in [0.2, 0.25) is 0 Å². The Morgan fingerprint density at radius 2 is 1.64 bits per heavy atom. The lowest BCUT2D eigenvalue weighted by Crippen LogP contribution is -2.45. The van der Waals surface area contributed by atoms with E-state index in [-0.39, 0.29) is 0 Å². The van der Waals surface area contributed by atoms with Crippen molar-refractivity contribution in [2.45, 2.75) is 26.2 Å². The minimum Gasteiger partial charge on any atom is -0.306 e. The van der Waals surface area contributed by atoms with Gasteiger partial charge in [-0.05, 0) is 37.6 Å². The van der Waals surface area contributed by atoms with Crippen LogP contribution in [0.25, 0.3) is 0 Å². The fourth-order valence-corrected chi connectivity index (χ4v) is 2.94. The zero-order chi connectivity index (χ0) is 7.84. The van der Waals surface area contributed by atoms with Gasteiger partial charge in [0.15, 0.2) is 0 Å². The minimum atomic E-state index is 1.01. The van der Waals surface area contributed by atoms with Crippen LogP contribution >= 0.6 is 0 Å². The first kappa shape index (κ1) is 7.60. The van der Waals surface area contributed by atoms with Crippen molar-refractivity contribution in [2.75, 3.05) is 20.1 Å². The number of likely N-dealkylation sites (tertiary alicyclic amines) is 1. The van der Waals surface area contributed by atoms with E-state index in [1.807, 2.05) is 0 Å². The molecule has 0 spiro atoms. The van der Waals surface area contributed by atoms with Crippen molar-refractivity contribution in [1.29, 1.82) is 0 Å². The first-order valence-corrected chi connectivity index (χ1v) is 4.96. The molecule has 1 aliphatic carbocycles. The van der Waals surface area contributed by atoms with Crippen LogP contribution in [0, 0.1) is 17.8 Å². The molecule has 1 heterocycles. The number of piperidine rings is 1. The van der Waals surface area contributed by atoms with Gasteiger partial charge in [0.25, 0.3) is 0 Å². The van der Waals surface area contributed by atoms with Gasteiger partial charge in [-0.25, -0.2) is 0 Å². The SMILES string of the molecule is C[C@H]1[C@@H]2CCC[C@H]1CN(C)C2. The number of hydrogen-bond donors (Lipinski definition) is 0. The average molecular weight is 153 g/mol. The third-order valence-corrected chi connectivity index (χ3v) is 3.73. The van der Waals surface area contributed by atoms with E-state index < -0.39 is 0 Å². The van der Waals surface area contributed by atoms with Gasteiger partial charge >= 0.3 is 0 Å². The maximum absolute atomic E-state index is 2.52. The fraction of sp³-hybridized carbons (Fsp3) is 1.00. The van der Waals surface area contributed by atoms with E-state index in [1.54, 1.807) is 0 Å². The van der Waals surface area contributed by atoms with Gasteiger partial charge in [0.2, 0.25) is 0 Å². The molecule has 2 rings (SSSR count). The topological polar surface area (TPSA) is 3.24 Å². The Morgan fingerprint density at radius 1 is 1.09 bits per heavy atom. The molecule has 2 fully saturated rings. The molecule has 1 nitrogen and oxygen atoms in total. The lowest BCUT2D eigenvalue weighted by Gasteiger charge is -2.44. The van der Waals surface area contributed by atoms with Crippen LogP contribution in [0.15, 0.2) is 0 Å². The summed E-state index contributed by atoms with van der Waals surface area (Å²) in [7, 11) is 2.28. The van der Waals surface area contributed by atoms with Crippen LogP contribution in [-0.4, -0.2) is 25.0 Å². The van der Waals surface area contributed by atoms with Crippen molar-refractivity contribution in [3.63, 3.8) is 0 Å². The van der Waals surface area contributed by atoms with Crippen molar-refractivity contribution < 1.29 is 0 Å². The Hall–Kier alpha value is -0.0400. The van der Waals surface area contributed by atoms with Crippen LogP contribution in [0.1, 0.15) is 26.2 Å². The van der Waals surface area contributed by atoms with Gasteiger partial charge in [0, 0.05) is 13.1 Å². The summed E-state index contributed by atoms with van der Waals surface area (Å²) in [4.78, 5) is 2.52. The summed E-state index contributed by atoms with van der Waals surface area (Å²) in [5, 5.41) is 0. The van der Waals surface area contributed by atoms with Crippen LogP contribution in [0.5, 0.6) is 0 Å². The molecule has 0 N–H and O–H groups in total. The molecule has 2 aliphatic rings. The van der Waals surface area contributed by atoms with E-state index in [4.69, 9.17) is 0 Å². The summed E-state index contributed by atoms with van der Waals surface area (Å²) < 4.78 is 0. The van der Waals surface area contributed by atoms with E-state index >= 15 is 0 Å². The maximum Gasteiger partial charge on any atom is 0.000938 e. The predicted octanol–water partition coefficient (Wildman–Crippen LogP) is 1.98. The Balaban J connectivity index is 2.07. The largest absolute Gasteiger partial charge is 0.306 e. The molecule has 64 valence electrons. The number of hydrogen-bond acceptors (Lipinski definition) is 1. The Bertz CT molecular complexity index is 130. The van der Waals surface area contributed by atoms with Gasteiger partial charge in [0.05, 0.1) is 0 Å². The second kappa shape index (κ2) is 2.78. The molecule has 1 saturated carbocycles. The zero-order valence-electron chi connectivity index (χ0n) is 7.71. The Morgan fingerprint density at radius 3 is 2.18 bits per heavy atom. The van der Waals surface area contributed by atoms with E-state index in [9.17, 15) is 0 Å². The summed E-state index contributed by atoms with van der Waals surface area (Å²) >= 11 is 0. The highest BCUT2D eigenvalue weighted by Crippen LogP contribution is 2.38. The average Bonchev–Trinajstić information content (AvgIpc) is 1.92. The second-order valence-corrected chi connectivity index (χ2v) is 4.53. The van der Waals surface area contributed by atoms with Crippen LogP contribution < -0.4 is 0 Å². The second-order valence-electron chi connectivity index (χ2n) is 4.53. The van der Waals surface area contributed by atoms with Gasteiger partial charge in [-0.15, -0.1) is 0 Å². The highest BCUT2D eigenvalue weighted by Gasteiger charge is 2.34. The van der Waals surface area contributed by atoms with E-state index in [2.05, 4.69) is 18.9 Å². The molecule has 0 aromatic heterocycles. The maximum atomic E-state index is 2.52. The van der Waals surface area contributed by atoms with E-state index in [1.165, 1.54) is 32.4 Å². The highest BCUT2D eigenvalue weighted by atomic mass is 15.1. The van der Waals surface area contributed by atoms with E-state index in [0.717, 1.165) is 17.8 Å². The molecule has 0 unspecified atom stereocenters. The Kier molecular flexibility index (Phi) is 1.92. The van der Waals surface area contributed by atoms with Crippen molar-refractivity contribution in [2.24, 2.45) is 17.8 Å². The highest BCUT2D eigenvalue weighted by molar-refractivity contribution is 4.86. The van der Waals surface area contributed by atoms with Crippen LogP contribution in [0.3, 0.4) is 0 Å². The lowest BCUT2D eigenvalue weighted by molar-refractivity contribution is 0.0474. The third kappa shape index (κ3) is 1.31. The molecule has 0 radical (unpaired) electrons. The monoisotopic (exact) mass is 153 g/mol. The van der Waals surface area contributed by atoms with Gasteiger partial charge < -0.3 is 4.90 Å². The smallest absolute Gasteiger partial charge is 0.000938 e. The first-order valence-electron chi connectivity index (χ1n) is 4.96. The fourth-order valence-electron chi connectivity index (χ4n) is 2.94. The Labute approximate surface area is 69.8 Å². The molecular weight excluding hydrogens is 134 g/mol. The zero-order valence-corrected chi connectivity index (χ0v) is 7.71. The molecule has 3 atom stereocenters. The van der Waals surface area contributed by atoms with Crippen LogP contribution in [-0.2, 0) is 0 Å². The minimum absolute atomic E-state index is 1.01. The number of fused-ring (bicyclic) bond motifs is 2. The lowest BCUT2D eigenvalue weighted by atomic mass is 9.70. The van der Waals surface area contributed by atoms with Crippen molar-refractivity contribution >= 4 is 0 Å². The summed E-state index contributed by atoms with van der Waals surface area (Å²) in [6.45, 7) is 5.18. The molecule has 1 aliphatic heterocycles. The molecular formula is C10H19N. The van der Waals surface area contributed by atoms with Gasteiger partial charge in [-0.1, -0.05) is 13.3 Å². The van der Waals surface area contributed by atoms with Crippen molar-refractivity contribution in [3.8, 4) is 0 Å². The van der Waals surface area contributed by atoms with E-state index in [0.29, 0.717) is 0 Å². The summed E-state index contributed by atoms with van der Waals surface area (Å²) in [5.74, 6) is 3.06. The predicted molar refractivity (Wildman–Crippen MR) is 47.5 cm³/mol. The third-order valence-electron chi connectivity index (χ3n) is 3.73. The number of nitrogens with zero attached hydrogens (tertiary/aromatic N) is 1. The molecule has 1 heteroatoms. The van der Waals surface area contributed by atoms with Crippen molar-refractivity contribution in [3.05, 3.63) is 0 Å². The summed E-state index contributed by atoms with van der Waals surface area (Å²) in [6.07, 6.45) is 4.47. The summed E-state index contributed by atoms with van der Waals surface area (Å²) in [5.41, 5.74) is 0. The molecule has 0 amide bonds. The standard InChI is InChI=1S/C10H19N/c1-8-9-4-3-5-10(8)7-11(2)6-9/h8-10H,3-7H2,1-2H3/t8-,9+,10-. The number of rotatable bonds is 0. The van der Waals surface area contributed by atoms with Gasteiger partial charge in [-0.2, -0.15) is 0 Å². The molecule has 1 saturated heterocycles. The molecule has 2 bridgehead atoms. The first-order chi connectivity index (χ1) is 5.27. The van der Waals surface area contributed by atoms with Crippen molar-refractivity contribution in [1.82, 2.24) is 4.90 Å². The van der Waals surface area contributed by atoms with Gasteiger partial charge in [0.1, 0.15) is 0 Å². The molecule has 0 aromatic carbocycles. The normalized spacial score (nSPS) is 45.8.